The Labute approximate surface area is 191 Å². The molecule has 1 N–H and O–H groups in total. The van der Waals surface area contributed by atoms with Crippen LogP contribution in [-0.2, 0) is 0 Å². The van der Waals surface area contributed by atoms with Crippen molar-refractivity contribution in [3.63, 3.8) is 0 Å². The van der Waals surface area contributed by atoms with Crippen LogP contribution in [0, 0.1) is 13.8 Å². The van der Waals surface area contributed by atoms with Crippen LogP contribution in [-0.4, -0.2) is 30.1 Å². The lowest BCUT2D eigenvalue weighted by Gasteiger charge is -2.12. The zero-order valence-electron chi connectivity index (χ0n) is 18.2. The van der Waals surface area contributed by atoms with Crippen LogP contribution in [0.2, 0.25) is 5.02 Å². The first-order valence-electron chi connectivity index (χ1n) is 9.97. The molecule has 4 aromatic rings. The van der Waals surface area contributed by atoms with E-state index in [9.17, 15) is 4.79 Å². The molecule has 162 valence electrons. The molecule has 7 heteroatoms. The smallest absolute Gasteiger partial charge is 0.255 e. The lowest BCUT2D eigenvalue weighted by Crippen LogP contribution is -2.12. The Morgan fingerprint density at radius 3 is 2.38 bits per heavy atom. The number of fused-ring (bicyclic) bond motifs is 1. The molecular weight excluding hydrogens is 426 g/mol. The zero-order chi connectivity index (χ0) is 22.8. The van der Waals surface area contributed by atoms with Gasteiger partial charge in [0.25, 0.3) is 5.91 Å². The van der Waals surface area contributed by atoms with Crippen molar-refractivity contribution in [3.8, 4) is 22.8 Å². The van der Waals surface area contributed by atoms with Crippen LogP contribution in [0.15, 0.2) is 54.7 Å². The van der Waals surface area contributed by atoms with E-state index in [1.165, 1.54) is 14.2 Å². The highest BCUT2D eigenvalue weighted by molar-refractivity contribution is 6.33. The summed E-state index contributed by atoms with van der Waals surface area (Å²) in [6, 6.07) is 14.2. The molecule has 1 aromatic heterocycles. The number of halogens is 1. The van der Waals surface area contributed by atoms with Crippen molar-refractivity contribution in [1.82, 2.24) is 9.97 Å². The van der Waals surface area contributed by atoms with E-state index >= 15 is 0 Å². The highest BCUT2D eigenvalue weighted by Gasteiger charge is 2.14. The minimum absolute atomic E-state index is 0.300. The number of carbonyl (C=O) groups excluding carboxylic acids is 1. The molecule has 0 aliphatic carbocycles. The minimum atomic E-state index is -0.300. The van der Waals surface area contributed by atoms with E-state index in [1.54, 1.807) is 42.6 Å². The third-order valence-corrected chi connectivity index (χ3v) is 5.68. The van der Waals surface area contributed by atoms with Crippen molar-refractivity contribution in [3.05, 3.63) is 76.4 Å². The number of rotatable bonds is 5. The molecule has 0 radical (unpaired) electrons. The molecule has 0 saturated heterocycles. The predicted molar refractivity (Wildman–Crippen MR) is 127 cm³/mol. The molecule has 0 aliphatic rings. The normalized spacial score (nSPS) is 10.8. The number of ether oxygens (including phenoxy) is 2. The second-order valence-corrected chi connectivity index (χ2v) is 7.79. The number of nitrogens with one attached hydrogen (secondary N) is 1. The Bertz CT molecular complexity index is 1320. The Morgan fingerprint density at radius 2 is 1.69 bits per heavy atom. The average molecular weight is 448 g/mol. The molecule has 1 heterocycles. The summed E-state index contributed by atoms with van der Waals surface area (Å²) >= 11 is 6.47. The van der Waals surface area contributed by atoms with Gasteiger partial charge in [0.2, 0.25) is 0 Å². The third kappa shape index (κ3) is 4.22. The SMILES string of the molecule is COc1cc(OC)cc(C(=O)Nc2ccc(Cl)c(-c3cnc4ccc(C)c(C)c4n3)c2)c1. The maximum atomic E-state index is 12.9. The number of hydrogen-bond acceptors (Lipinski definition) is 5. The van der Waals surface area contributed by atoms with E-state index in [-0.39, 0.29) is 5.91 Å². The summed E-state index contributed by atoms with van der Waals surface area (Å²) in [5.74, 6) is 0.762. The first-order chi connectivity index (χ1) is 15.4. The maximum Gasteiger partial charge on any atom is 0.255 e. The van der Waals surface area contributed by atoms with Gasteiger partial charge in [-0.2, -0.15) is 0 Å². The van der Waals surface area contributed by atoms with Crippen molar-refractivity contribution >= 4 is 34.2 Å². The van der Waals surface area contributed by atoms with E-state index in [2.05, 4.69) is 10.3 Å². The maximum absolute atomic E-state index is 12.9. The summed E-state index contributed by atoms with van der Waals surface area (Å²) in [6.45, 7) is 4.07. The molecule has 0 fully saturated rings. The number of hydrogen-bond donors (Lipinski definition) is 1. The Hall–Kier alpha value is -3.64. The van der Waals surface area contributed by atoms with Crippen LogP contribution in [0.5, 0.6) is 11.5 Å². The summed E-state index contributed by atoms with van der Waals surface area (Å²) in [6.07, 6.45) is 1.69. The van der Waals surface area contributed by atoms with Gasteiger partial charge < -0.3 is 14.8 Å². The van der Waals surface area contributed by atoms with Gasteiger partial charge in [0.1, 0.15) is 11.5 Å². The molecule has 0 spiro atoms. The van der Waals surface area contributed by atoms with Gasteiger partial charge in [0, 0.05) is 22.9 Å². The van der Waals surface area contributed by atoms with Gasteiger partial charge >= 0.3 is 0 Å². The molecule has 1 amide bonds. The lowest BCUT2D eigenvalue weighted by atomic mass is 10.1. The molecule has 0 saturated carbocycles. The molecule has 0 bridgehead atoms. The van der Waals surface area contributed by atoms with Gasteiger partial charge in [-0.3, -0.25) is 9.78 Å². The second kappa shape index (κ2) is 8.85. The van der Waals surface area contributed by atoms with Crippen molar-refractivity contribution in [1.29, 1.82) is 0 Å². The molecule has 6 nitrogen and oxygen atoms in total. The molecule has 0 unspecified atom stereocenters. The van der Waals surface area contributed by atoms with Crippen LogP contribution < -0.4 is 14.8 Å². The fourth-order valence-electron chi connectivity index (χ4n) is 3.38. The van der Waals surface area contributed by atoms with Gasteiger partial charge in [-0.1, -0.05) is 17.7 Å². The van der Waals surface area contributed by atoms with Crippen molar-refractivity contribution in [2.24, 2.45) is 0 Å². The number of benzene rings is 3. The standard InChI is InChI=1S/C25H22ClN3O3/c1-14-5-8-22-24(15(14)2)29-23(13-27-22)20-11-17(6-7-21(20)26)28-25(30)16-9-18(31-3)12-19(10-16)32-4/h5-13H,1-4H3,(H,28,30). The molecule has 0 atom stereocenters. The molecule has 4 rings (SSSR count). The Morgan fingerprint density at radius 1 is 0.969 bits per heavy atom. The number of nitrogens with zero attached hydrogens (tertiary/aromatic N) is 2. The van der Waals surface area contributed by atoms with Crippen molar-refractivity contribution < 1.29 is 14.3 Å². The fraction of sp³-hybridized carbons (Fsp3) is 0.160. The average Bonchev–Trinajstić information content (AvgIpc) is 2.82. The monoisotopic (exact) mass is 447 g/mol. The predicted octanol–water partition coefficient (Wildman–Crippen LogP) is 5.84. The van der Waals surface area contributed by atoms with Crippen LogP contribution in [0.1, 0.15) is 21.5 Å². The number of methoxy groups -OCH3 is 2. The second-order valence-electron chi connectivity index (χ2n) is 7.38. The molecule has 0 aliphatic heterocycles. The largest absolute Gasteiger partial charge is 0.497 e. The summed E-state index contributed by atoms with van der Waals surface area (Å²) in [5, 5.41) is 3.42. The van der Waals surface area contributed by atoms with Gasteiger partial charge in [0.05, 0.1) is 42.2 Å². The summed E-state index contributed by atoms with van der Waals surface area (Å²) < 4.78 is 10.5. The number of aryl methyl sites for hydroxylation is 2. The Kier molecular flexibility index (Phi) is 5.97. The minimum Gasteiger partial charge on any atom is -0.497 e. The number of anilines is 1. The van der Waals surface area contributed by atoms with Crippen molar-refractivity contribution in [2.75, 3.05) is 19.5 Å². The number of amides is 1. The third-order valence-electron chi connectivity index (χ3n) is 5.35. The first kappa shape index (κ1) is 21.6. The highest BCUT2D eigenvalue weighted by atomic mass is 35.5. The molecule has 32 heavy (non-hydrogen) atoms. The topological polar surface area (TPSA) is 73.3 Å². The molecule has 3 aromatic carbocycles. The summed E-state index contributed by atoms with van der Waals surface area (Å²) in [7, 11) is 3.07. The Balaban J connectivity index is 1.69. The fourth-order valence-corrected chi connectivity index (χ4v) is 3.60. The van der Waals surface area contributed by atoms with E-state index in [1.807, 2.05) is 26.0 Å². The van der Waals surface area contributed by atoms with E-state index in [0.717, 1.165) is 22.2 Å². The van der Waals surface area contributed by atoms with Crippen LogP contribution in [0.25, 0.3) is 22.3 Å². The van der Waals surface area contributed by atoms with Crippen molar-refractivity contribution in [2.45, 2.75) is 13.8 Å². The van der Waals surface area contributed by atoms with Gasteiger partial charge in [-0.15, -0.1) is 0 Å². The first-order valence-corrected chi connectivity index (χ1v) is 10.3. The lowest BCUT2D eigenvalue weighted by molar-refractivity contribution is 0.102. The van der Waals surface area contributed by atoms with E-state index < -0.39 is 0 Å². The molecular formula is C25H22ClN3O3. The summed E-state index contributed by atoms with van der Waals surface area (Å²) in [5.41, 5.74) is 6.18. The number of aromatic nitrogens is 2. The highest BCUT2D eigenvalue weighted by Crippen LogP contribution is 2.31. The van der Waals surface area contributed by atoms with E-state index in [4.69, 9.17) is 26.1 Å². The quantitative estimate of drug-likeness (QED) is 0.416. The van der Waals surface area contributed by atoms with Gasteiger partial charge in [0.15, 0.2) is 0 Å². The zero-order valence-corrected chi connectivity index (χ0v) is 18.9. The number of carbonyl (C=O) groups is 1. The van der Waals surface area contributed by atoms with Gasteiger partial charge in [-0.05, 0) is 61.4 Å². The van der Waals surface area contributed by atoms with Crippen LogP contribution in [0.4, 0.5) is 5.69 Å². The van der Waals surface area contributed by atoms with Crippen LogP contribution >= 0.6 is 11.6 Å². The summed E-state index contributed by atoms with van der Waals surface area (Å²) in [4.78, 5) is 22.2. The van der Waals surface area contributed by atoms with Crippen LogP contribution in [0.3, 0.4) is 0 Å². The van der Waals surface area contributed by atoms with Gasteiger partial charge in [-0.25, -0.2) is 4.98 Å². The van der Waals surface area contributed by atoms with E-state index in [0.29, 0.717) is 39.0 Å².